The van der Waals surface area contributed by atoms with Crippen molar-refractivity contribution < 1.29 is 18.3 Å². The molecule has 2 aromatic rings. The number of hydrogen-bond donors (Lipinski definition) is 1. The van der Waals surface area contributed by atoms with Gasteiger partial charge in [-0.25, -0.2) is 13.6 Å². The average molecular weight is 317 g/mol. The van der Waals surface area contributed by atoms with Crippen LogP contribution in [0.2, 0.25) is 0 Å². The van der Waals surface area contributed by atoms with E-state index in [-0.39, 0.29) is 12.5 Å². The highest BCUT2D eigenvalue weighted by atomic mass is 19.1. The summed E-state index contributed by atoms with van der Waals surface area (Å²) in [5.41, 5.74) is 2.02. The number of benzene rings is 2. The second-order valence-electron chi connectivity index (χ2n) is 4.80. The SMILES string of the molecule is CCOC(=O)/C=C/c1ccc(NCc2ccc(F)cc2F)cc1. The van der Waals surface area contributed by atoms with E-state index >= 15 is 0 Å². The Hall–Kier alpha value is -2.69. The zero-order valence-electron chi connectivity index (χ0n) is 12.7. The molecule has 2 aromatic carbocycles. The third-order valence-electron chi connectivity index (χ3n) is 3.11. The number of rotatable bonds is 6. The first-order valence-electron chi connectivity index (χ1n) is 7.21. The van der Waals surface area contributed by atoms with Crippen LogP contribution in [0.25, 0.3) is 6.08 Å². The zero-order valence-corrected chi connectivity index (χ0v) is 12.7. The Morgan fingerprint density at radius 1 is 1.17 bits per heavy atom. The van der Waals surface area contributed by atoms with Gasteiger partial charge in [0, 0.05) is 29.9 Å². The number of carbonyl (C=O) groups is 1. The molecule has 0 radical (unpaired) electrons. The fourth-order valence-corrected chi connectivity index (χ4v) is 1.93. The molecule has 0 atom stereocenters. The molecule has 120 valence electrons. The van der Waals surface area contributed by atoms with Gasteiger partial charge in [0.15, 0.2) is 0 Å². The molecule has 2 rings (SSSR count). The third-order valence-corrected chi connectivity index (χ3v) is 3.11. The monoisotopic (exact) mass is 317 g/mol. The minimum absolute atomic E-state index is 0.254. The second kappa shape index (κ2) is 8.08. The van der Waals surface area contributed by atoms with Crippen molar-refractivity contribution in [3.8, 4) is 0 Å². The minimum atomic E-state index is -0.594. The summed E-state index contributed by atoms with van der Waals surface area (Å²) in [5, 5.41) is 3.06. The van der Waals surface area contributed by atoms with E-state index in [1.54, 1.807) is 13.0 Å². The quantitative estimate of drug-likeness (QED) is 0.642. The molecule has 0 aromatic heterocycles. The van der Waals surface area contributed by atoms with Gasteiger partial charge in [-0.05, 0) is 36.8 Å². The molecule has 0 aliphatic heterocycles. The summed E-state index contributed by atoms with van der Waals surface area (Å²) >= 11 is 0. The first-order chi connectivity index (χ1) is 11.1. The van der Waals surface area contributed by atoms with Gasteiger partial charge in [-0.1, -0.05) is 18.2 Å². The summed E-state index contributed by atoms with van der Waals surface area (Å²) in [6.45, 7) is 2.34. The number of halogens is 2. The molecule has 23 heavy (non-hydrogen) atoms. The van der Waals surface area contributed by atoms with Gasteiger partial charge >= 0.3 is 5.97 Å². The van der Waals surface area contributed by atoms with E-state index in [2.05, 4.69) is 5.32 Å². The Balaban J connectivity index is 1.93. The molecule has 0 spiro atoms. The Labute approximate surface area is 133 Å². The molecule has 0 bridgehead atoms. The first-order valence-corrected chi connectivity index (χ1v) is 7.21. The van der Waals surface area contributed by atoms with Crippen molar-refractivity contribution in [2.45, 2.75) is 13.5 Å². The number of nitrogens with one attached hydrogen (secondary N) is 1. The average Bonchev–Trinajstić information content (AvgIpc) is 2.53. The van der Waals surface area contributed by atoms with Crippen LogP contribution in [-0.4, -0.2) is 12.6 Å². The fourth-order valence-electron chi connectivity index (χ4n) is 1.93. The minimum Gasteiger partial charge on any atom is -0.463 e. The van der Waals surface area contributed by atoms with Crippen LogP contribution in [0, 0.1) is 11.6 Å². The maximum absolute atomic E-state index is 13.5. The molecular formula is C18H17F2NO2. The summed E-state index contributed by atoms with van der Waals surface area (Å²) in [4.78, 5) is 11.2. The van der Waals surface area contributed by atoms with Crippen molar-refractivity contribution in [1.82, 2.24) is 0 Å². The van der Waals surface area contributed by atoms with Crippen molar-refractivity contribution >= 4 is 17.7 Å². The molecule has 0 aliphatic carbocycles. The lowest BCUT2D eigenvalue weighted by Gasteiger charge is -2.08. The van der Waals surface area contributed by atoms with Gasteiger partial charge < -0.3 is 10.1 Å². The van der Waals surface area contributed by atoms with Gasteiger partial charge in [-0.15, -0.1) is 0 Å². The lowest BCUT2D eigenvalue weighted by atomic mass is 10.1. The number of hydrogen-bond acceptors (Lipinski definition) is 3. The maximum atomic E-state index is 13.5. The van der Waals surface area contributed by atoms with Gasteiger partial charge in [0.2, 0.25) is 0 Å². The Kier molecular flexibility index (Phi) is 5.86. The molecule has 0 amide bonds. The molecule has 0 fully saturated rings. The van der Waals surface area contributed by atoms with E-state index < -0.39 is 11.6 Å². The van der Waals surface area contributed by atoms with E-state index in [1.165, 1.54) is 18.2 Å². The van der Waals surface area contributed by atoms with Crippen LogP contribution >= 0.6 is 0 Å². The molecule has 5 heteroatoms. The van der Waals surface area contributed by atoms with Crippen LogP contribution in [0.3, 0.4) is 0 Å². The highest BCUT2D eigenvalue weighted by molar-refractivity contribution is 5.87. The number of esters is 1. The van der Waals surface area contributed by atoms with E-state index in [9.17, 15) is 13.6 Å². The van der Waals surface area contributed by atoms with E-state index in [4.69, 9.17) is 4.74 Å². The normalized spacial score (nSPS) is 10.7. The predicted octanol–water partition coefficient (Wildman–Crippen LogP) is 4.15. The topological polar surface area (TPSA) is 38.3 Å². The van der Waals surface area contributed by atoms with Crippen LogP contribution in [0.4, 0.5) is 14.5 Å². The zero-order chi connectivity index (χ0) is 16.7. The Morgan fingerprint density at radius 3 is 2.57 bits per heavy atom. The van der Waals surface area contributed by atoms with Gasteiger partial charge in [0.05, 0.1) is 6.61 Å². The summed E-state index contributed by atoms with van der Waals surface area (Å²) in [6.07, 6.45) is 3.02. The van der Waals surface area contributed by atoms with Gasteiger partial charge in [-0.3, -0.25) is 0 Å². The number of carbonyl (C=O) groups excluding carboxylic acids is 1. The van der Waals surface area contributed by atoms with Crippen molar-refractivity contribution in [3.63, 3.8) is 0 Å². The molecule has 1 N–H and O–H groups in total. The number of anilines is 1. The van der Waals surface area contributed by atoms with Gasteiger partial charge in [-0.2, -0.15) is 0 Å². The Morgan fingerprint density at radius 2 is 1.91 bits per heavy atom. The van der Waals surface area contributed by atoms with Crippen molar-refractivity contribution in [3.05, 3.63) is 71.3 Å². The molecule has 0 saturated heterocycles. The molecular weight excluding hydrogens is 300 g/mol. The van der Waals surface area contributed by atoms with Crippen LogP contribution in [0.5, 0.6) is 0 Å². The standard InChI is InChI=1S/C18H17F2NO2/c1-2-23-18(22)10-5-13-3-8-16(9-4-13)21-12-14-6-7-15(19)11-17(14)20/h3-11,21H,2,12H2,1H3/b10-5+. The van der Waals surface area contributed by atoms with Crippen molar-refractivity contribution in [2.75, 3.05) is 11.9 Å². The van der Waals surface area contributed by atoms with Crippen molar-refractivity contribution in [2.24, 2.45) is 0 Å². The molecule has 0 heterocycles. The smallest absolute Gasteiger partial charge is 0.330 e. The summed E-state index contributed by atoms with van der Waals surface area (Å²) < 4.78 is 31.2. The molecule has 3 nitrogen and oxygen atoms in total. The van der Waals surface area contributed by atoms with E-state index in [0.717, 1.165) is 17.3 Å². The van der Waals surface area contributed by atoms with Crippen LogP contribution < -0.4 is 5.32 Å². The van der Waals surface area contributed by atoms with Crippen LogP contribution in [0.15, 0.2) is 48.5 Å². The summed E-state index contributed by atoms with van der Waals surface area (Å²) in [7, 11) is 0. The highest BCUT2D eigenvalue weighted by Crippen LogP contribution is 2.14. The maximum Gasteiger partial charge on any atom is 0.330 e. The van der Waals surface area contributed by atoms with E-state index in [1.807, 2.05) is 24.3 Å². The summed E-state index contributed by atoms with van der Waals surface area (Å²) in [6, 6.07) is 10.8. The van der Waals surface area contributed by atoms with Crippen molar-refractivity contribution in [1.29, 1.82) is 0 Å². The summed E-state index contributed by atoms with van der Waals surface area (Å²) in [5.74, 6) is -1.56. The molecule has 0 saturated carbocycles. The predicted molar refractivity (Wildman–Crippen MR) is 85.8 cm³/mol. The van der Waals surface area contributed by atoms with Crippen LogP contribution in [0.1, 0.15) is 18.1 Å². The van der Waals surface area contributed by atoms with Gasteiger partial charge in [0.25, 0.3) is 0 Å². The second-order valence-corrected chi connectivity index (χ2v) is 4.80. The molecule has 0 unspecified atom stereocenters. The largest absolute Gasteiger partial charge is 0.463 e. The number of ether oxygens (including phenoxy) is 1. The fraction of sp³-hybridized carbons (Fsp3) is 0.167. The highest BCUT2D eigenvalue weighted by Gasteiger charge is 2.03. The Bertz CT molecular complexity index is 697. The van der Waals surface area contributed by atoms with Gasteiger partial charge in [0.1, 0.15) is 11.6 Å². The van der Waals surface area contributed by atoms with E-state index in [0.29, 0.717) is 12.2 Å². The third kappa shape index (κ3) is 5.21. The first kappa shape index (κ1) is 16.7. The lowest BCUT2D eigenvalue weighted by Crippen LogP contribution is -2.02. The lowest BCUT2D eigenvalue weighted by molar-refractivity contribution is -0.137. The molecule has 0 aliphatic rings. The van der Waals surface area contributed by atoms with Crippen LogP contribution in [-0.2, 0) is 16.1 Å².